The normalized spacial score (nSPS) is 11.4. The van der Waals surface area contributed by atoms with Crippen molar-refractivity contribution in [2.45, 2.75) is 39.5 Å². The average molecular weight is 282 g/mol. The number of benzene rings is 2. The predicted molar refractivity (Wildman–Crippen MR) is 86.9 cm³/mol. The van der Waals surface area contributed by atoms with Gasteiger partial charge in [0, 0.05) is 0 Å². The van der Waals surface area contributed by atoms with Gasteiger partial charge in [0.05, 0.1) is 5.56 Å². The maximum Gasteiger partial charge on any atom is 0.335 e. The van der Waals surface area contributed by atoms with Crippen LogP contribution in [0.15, 0.2) is 42.5 Å². The summed E-state index contributed by atoms with van der Waals surface area (Å²) in [6, 6.07) is 13.9. The average Bonchev–Trinajstić information content (AvgIpc) is 2.47. The predicted octanol–water partition coefficient (Wildman–Crippen LogP) is 5.05. The molecule has 1 N–H and O–H groups in total. The fourth-order valence-corrected chi connectivity index (χ4v) is 2.49. The highest BCUT2D eigenvalue weighted by Gasteiger charge is 2.18. The standard InChI is InChI=1S/C19H22O2/c1-5-19(3,4)15-11-9-14(10-12-15)16-7-6-8-17(13(16)2)18(20)21/h6-12H,5H2,1-4H3,(H,20,21). The summed E-state index contributed by atoms with van der Waals surface area (Å²) in [5, 5.41) is 9.22. The summed E-state index contributed by atoms with van der Waals surface area (Å²) in [7, 11) is 0. The van der Waals surface area contributed by atoms with E-state index < -0.39 is 5.97 Å². The largest absolute Gasteiger partial charge is 0.478 e. The van der Waals surface area contributed by atoms with Crippen LogP contribution >= 0.6 is 0 Å². The van der Waals surface area contributed by atoms with E-state index in [0.29, 0.717) is 5.56 Å². The molecule has 0 bridgehead atoms. The lowest BCUT2D eigenvalue weighted by Gasteiger charge is -2.23. The quantitative estimate of drug-likeness (QED) is 0.852. The first-order chi connectivity index (χ1) is 9.86. The minimum absolute atomic E-state index is 0.163. The summed E-state index contributed by atoms with van der Waals surface area (Å²) in [6.45, 7) is 8.52. The van der Waals surface area contributed by atoms with E-state index in [1.807, 2.05) is 13.0 Å². The molecule has 0 saturated carbocycles. The number of carbonyl (C=O) groups is 1. The van der Waals surface area contributed by atoms with Crippen LogP contribution in [0.25, 0.3) is 11.1 Å². The molecule has 0 aliphatic carbocycles. The molecule has 2 aromatic rings. The number of carboxylic acids is 1. The molecule has 0 atom stereocenters. The van der Waals surface area contributed by atoms with Gasteiger partial charge < -0.3 is 5.11 Å². The van der Waals surface area contributed by atoms with Crippen molar-refractivity contribution in [3.8, 4) is 11.1 Å². The van der Waals surface area contributed by atoms with E-state index in [1.54, 1.807) is 12.1 Å². The van der Waals surface area contributed by atoms with Crippen LogP contribution in [0.1, 0.15) is 48.7 Å². The number of aromatic carboxylic acids is 1. The maximum absolute atomic E-state index is 11.2. The van der Waals surface area contributed by atoms with Crippen LogP contribution in [0.2, 0.25) is 0 Å². The molecular weight excluding hydrogens is 260 g/mol. The Morgan fingerprint density at radius 2 is 1.71 bits per heavy atom. The molecule has 0 radical (unpaired) electrons. The summed E-state index contributed by atoms with van der Waals surface area (Å²) in [6.07, 6.45) is 1.08. The van der Waals surface area contributed by atoms with E-state index in [2.05, 4.69) is 45.0 Å². The van der Waals surface area contributed by atoms with Crippen LogP contribution < -0.4 is 0 Å². The van der Waals surface area contributed by atoms with Gasteiger partial charge in [-0.25, -0.2) is 4.79 Å². The minimum atomic E-state index is -0.877. The van der Waals surface area contributed by atoms with Gasteiger partial charge >= 0.3 is 5.97 Å². The number of hydrogen-bond acceptors (Lipinski definition) is 1. The Morgan fingerprint density at radius 1 is 1.10 bits per heavy atom. The molecule has 0 amide bonds. The second-order valence-electron chi connectivity index (χ2n) is 6.10. The third-order valence-corrected chi connectivity index (χ3v) is 4.43. The monoisotopic (exact) mass is 282 g/mol. The van der Waals surface area contributed by atoms with Crippen LogP contribution in [-0.2, 0) is 5.41 Å². The van der Waals surface area contributed by atoms with Gasteiger partial charge in [0.1, 0.15) is 0 Å². The Morgan fingerprint density at radius 3 is 2.24 bits per heavy atom. The van der Waals surface area contributed by atoms with Crippen molar-refractivity contribution in [2.75, 3.05) is 0 Å². The summed E-state index contributed by atoms with van der Waals surface area (Å²) in [5.74, 6) is -0.877. The van der Waals surface area contributed by atoms with E-state index in [0.717, 1.165) is 23.1 Å². The van der Waals surface area contributed by atoms with Crippen LogP contribution in [0.3, 0.4) is 0 Å². The third-order valence-electron chi connectivity index (χ3n) is 4.43. The van der Waals surface area contributed by atoms with Crippen LogP contribution in [0.4, 0.5) is 0 Å². The molecule has 0 aliphatic heterocycles. The van der Waals surface area contributed by atoms with Gasteiger partial charge in [-0.1, -0.05) is 57.2 Å². The zero-order chi connectivity index (χ0) is 15.6. The first-order valence-corrected chi connectivity index (χ1v) is 7.30. The highest BCUT2D eigenvalue weighted by Crippen LogP contribution is 2.30. The van der Waals surface area contributed by atoms with E-state index in [9.17, 15) is 9.90 Å². The zero-order valence-electron chi connectivity index (χ0n) is 13.1. The first-order valence-electron chi connectivity index (χ1n) is 7.30. The molecule has 0 saturated heterocycles. The van der Waals surface area contributed by atoms with Crippen molar-refractivity contribution in [1.29, 1.82) is 0 Å². The fourth-order valence-electron chi connectivity index (χ4n) is 2.49. The molecule has 0 aliphatic rings. The van der Waals surface area contributed by atoms with Crippen molar-refractivity contribution in [3.63, 3.8) is 0 Å². The van der Waals surface area contributed by atoms with Gasteiger partial charge in [-0.2, -0.15) is 0 Å². The number of hydrogen-bond donors (Lipinski definition) is 1. The lowest BCUT2D eigenvalue weighted by Crippen LogP contribution is -2.15. The van der Waals surface area contributed by atoms with Crippen molar-refractivity contribution in [1.82, 2.24) is 0 Å². The number of rotatable bonds is 4. The molecule has 0 fully saturated rings. The molecule has 0 aromatic heterocycles. The molecule has 0 unspecified atom stereocenters. The third kappa shape index (κ3) is 2.99. The van der Waals surface area contributed by atoms with Crippen LogP contribution in [0.5, 0.6) is 0 Å². The van der Waals surface area contributed by atoms with Gasteiger partial charge in [0.25, 0.3) is 0 Å². The molecular formula is C19H22O2. The minimum Gasteiger partial charge on any atom is -0.478 e. The van der Waals surface area contributed by atoms with Crippen molar-refractivity contribution < 1.29 is 9.90 Å². The van der Waals surface area contributed by atoms with E-state index >= 15 is 0 Å². The molecule has 0 spiro atoms. The Labute approximate surface area is 126 Å². The van der Waals surface area contributed by atoms with E-state index in [4.69, 9.17) is 0 Å². The smallest absolute Gasteiger partial charge is 0.335 e. The maximum atomic E-state index is 11.2. The van der Waals surface area contributed by atoms with Crippen molar-refractivity contribution in [3.05, 3.63) is 59.2 Å². The Kier molecular flexibility index (Phi) is 4.17. The Balaban J connectivity index is 2.45. The van der Waals surface area contributed by atoms with Crippen molar-refractivity contribution >= 4 is 5.97 Å². The topological polar surface area (TPSA) is 37.3 Å². The van der Waals surface area contributed by atoms with Gasteiger partial charge in [0.2, 0.25) is 0 Å². The molecule has 21 heavy (non-hydrogen) atoms. The molecule has 0 heterocycles. The van der Waals surface area contributed by atoms with Gasteiger partial charge in [0.15, 0.2) is 0 Å². The lowest BCUT2D eigenvalue weighted by molar-refractivity contribution is 0.0696. The molecule has 110 valence electrons. The highest BCUT2D eigenvalue weighted by atomic mass is 16.4. The lowest BCUT2D eigenvalue weighted by atomic mass is 9.81. The van der Waals surface area contributed by atoms with E-state index in [1.165, 1.54) is 5.56 Å². The van der Waals surface area contributed by atoms with Crippen LogP contribution in [0, 0.1) is 6.92 Å². The summed E-state index contributed by atoms with van der Waals surface area (Å²) < 4.78 is 0. The second-order valence-corrected chi connectivity index (χ2v) is 6.10. The fraction of sp³-hybridized carbons (Fsp3) is 0.316. The Bertz CT molecular complexity index is 652. The number of carboxylic acid groups (broad SMARTS) is 1. The van der Waals surface area contributed by atoms with Crippen LogP contribution in [-0.4, -0.2) is 11.1 Å². The van der Waals surface area contributed by atoms with Gasteiger partial charge in [-0.05, 0) is 47.1 Å². The highest BCUT2D eigenvalue weighted by molar-refractivity contribution is 5.92. The molecule has 2 rings (SSSR count). The van der Waals surface area contributed by atoms with Gasteiger partial charge in [-0.15, -0.1) is 0 Å². The van der Waals surface area contributed by atoms with Crippen molar-refractivity contribution in [2.24, 2.45) is 0 Å². The SMILES string of the molecule is CCC(C)(C)c1ccc(-c2cccc(C(=O)O)c2C)cc1. The summed E-state index contributed by atoms with van der Waals surface area (Å²) in [5.41, 5.74) is 4.69. The molecule has 2 heteroatoms. The zero-order valence-corrected chi connectivity index (χ0v) is 13.1. The summed E-state index contributed by atoms with van der Waals surface area (Å²) >= 11 is 0. The molecule has 2 aromatic carbocycles. The Hall–Kier alpha value is -2.09. The van der Waals surface area contributed by atoms with Gasteiger partial charge in [-0.3, -0.25) is 0 Å². The summed E-state index contributed by atoms with van der Waals surface area (Å²) in [4.78, 5) is 11.2. The molecule has 2 nitrogen and oxygen atoms in total. The van der Waals surface area contributed by atoms with E-state index in [-0.39, 0.29) is 5.41 Å². The first kappa shape index (κ1) is 15.3. The second kappa shape index (κ2) is 5.72.